The third-order valence-electron chi connectivity index (χ3n) is 4.86. The van der Waals surface area contributed by atoms with E-state index in [9.17, 15) is 4.79 Å². The molecule has 0 aliphatic carbocycles. The zero-order valence-corrected chi connectivity index (χ0v) is 13.3. The molecule has 5 nitrogen and oxygen atoms in total. The van der Waals surface area contributed by atoms with Crippen LogP contribution in [0.25, 0.3) is 0 Å². The molecule has 118 valence electrons. The lowest BCUT2D eigenvalue weighted by Gasteiger charge is -2.33. The van der Waals surface area contributed by atoms with Crippen LogP contribution >= 0.6 is 0 Å². The Hall–Kier alpha value is -1.80. The molecular weight excluding hydrogens is 276 g/mol. The van der Waals surface area contributed by atoms with Crippen LogP contribution in [0.1, 0.15) is 42.6 Å². The number of H-pyrrole nitrogens is 1. The van der Waals surface area contributed by atoms with Gasteiger partial charge in [-0.25, -0.2) is 0 Å². The molecule has 0 spiro atoms. The number of nitrogens with zero attached hydrogens (tertiary/aromatic N) is 3. The summed E-state index contributed by atoms with van der Waals surface area (Å²) in [5.41, 5.74) is 2.72. The summed E-state index contributed by atoms with van der Waals surface area (Å²) in [7, 11) is 0. The van der Waals surface area contributed by atoms with Gasteiger partial charge >= 0.3 is 0 Å². The van der Waals surface area contributed by atoms with Crippen LogP contribution in [0.4, 0.5) is 0 Å². The van der Waals surface area contributed by atoms with Gasteiger partial charge in [0.2, 0.25) is 5.91 Å². The number of amides is 1. The smallest absolute Gasteiger partial charge is 0.226 e. The van der Waals surface area contributed by atoms with Crippen molar-refractivity contribution in [3.8, 4) is 6.07 Å². The lowest BCUT2D eigenvalue weighted by atomic mass is 9.96. The molecule has 3 rings (SSSR count). The normalized spacial score (nSPS) is 22.7. The number of carbonyl (C=O) groups is 1. The Morgan fingerprint density at radius 1 is 1.36 bits per heavy atom. The van der Waals surface area contributed by atoms with Crippen molar-refractivity contribution in [3.05, 3.63) is 23.0 Å². The molecule has 0 unspecified atom stereocenters. The Bertz CT molecular complexity index is 580. The molecule has 0 radical (unpaired) electrons. The first-order valence-electron chi connectivity index (χ1n) is 8.27. The van der Waals surface area contributed by atoms with Gasteiger partial charge in [0.05, 0.1) is 11.5 Å². The lowest BCUT2D eigenvalue weighted by Crippen LogP contribution is -2.43. The van der Waals surface area contributed by atoms with Crippen LogP contribution in [-0.4, -0.2) is 46.9 Å². The monoisotopic (exact) mass is 300 g/mol. The molecule has 1 amide bonds. The second kappa shape index (κ2) is 6.53. The van der Waals surface area contributed by atoms with E-state index < -0.39 is 0 Å². The summed E-state index contributed by atoms with van der Waals surface area (Å²) in [5, 5.41) is 9.04. The van der Waals surface area contributed by atoms with Crippen molar-refractivity contribution in [2.75, 3.05) is 26.2 Å². The van der Waals surface area contributed by atoms with Crippen molar-refractivity contribution in [3.63, 3.8) is 0 Å². The number of hydrogen-bond acceptors (Lipinski definition) is 3. The van der Waals surface area contributed by atoms with E-state index in [2.05, 4.69) is 16.0 Å². The van der Waals surface area contributed by atoms with Crippen LogP contribution in [0, 0.1) is 24.2 Å². The van der Waals surface area contributed by atoms with E-state index in [1.807, 2.05) is 17.9 Å². The van der Waals surface area contributed by atoms with Gasteiger partial charge in [-0.1, -0.05) is 0 Å². The van der Waals surface area contributed by atoms with E-state index in [0.717, 1.165) is 75.4 Å². The largest absolute Gasteiger partial charge is 0.360 e. The average Bonchev–Trinajstić information content (AvgIpc) is 3.16. The predicted octanol–water partition coefficient (Wildman–Crippen LogP) is 2.03. The number of hydrogen-bond donors (Lipinski definition) is 1. The van der Waals surface area contributed by atoms with Crippen LogP contribution in [0.2, 0.25) is 0 Å². The topological polar surface area (TPSA) is 63.1 Å². The third kappa shape index (κ3) is 3.17. The number of rotatable bonds is 3. The number of aryl methyl sites for hydroxylation is 1. The first-order valence-corrected chi connectivity index (χ1v) is 8.27. The maximum Gasteiger partial charge on any atom is 0.226 e. The molecule has 2 aliphatic heterocycles. The van der Waals surface area contributed by atoms with Crippen LogP contribution in [0.3, 0.4) is 0 Å². The first kappa shape index (κ1) is 15.1. The molecule has 1 N–H and O–H groups in total. The van der Waals surface area contributed by atoms with Gasteiger partial charge in [-0.3, -0.25) is 9.69 Å². The standard InChI is InChI=1S/C17H24N4O/c1-13-15(10-18)9-16(19-13)12-20-6-4-5-14(11-20)17(22)21-7-2-3-8-21/h9,14,19H,2-8,11-12H2,1H3/t14-/m1/s1. The number of likely N-dealkylation sites (tertiary alicyclic amines) is 2. The quantitative estimate of drug-likeness (QED) is 0.929. The van der Waals surface area contributed by atoms with Crippen LogP contribution < -0.4 is 0 Å². The van der Waals surface area contributed by atoms with E-state index in [-0.39, 0.29) is 5.92 Å². The summed E-state index contributed by atoms with van der Waals surface area (Å²) >= 11 is 0. The van der Waals surface area contributed by atoms with Gasteiger partial charge in [-0.05, 0) is 45.2 Å². The van der Waals surface area contributed by atoms with Gasteiger partial charge in [0.25, 0.3) is 0 Å². The van der Waals surface area contributed by atoms with Crippen molar-refractivity contribution >= 4 is 5.91 Å². The van der Waals surface area contributed by atoms with E-state index in [1.54, 1.807) is 0 Å². The summed E-state index contributed by atoms with van der Waals surface area (Å²) in [4.78, 5) is 20.2. The van der Waals surface area contributed by atoms with E-state index in [4.69, 9.17) is 5.26 Å². The Morgan fingerprint density at radius 2 is 2.14 bits per heavy atom. The van der Waals surface area contributed by atoms with Crippen LogP contribution in [0.15, 0.2) is 6.07 Å². The molecule has 0 bridgehead atoms. The number of nitriles is 1. The fraction of sp³-hybridized carbons (Fsp3) is 0.647. The zero-order chi connectivity index (χ0) is 15.5. The van der Waals surface area contributed by atoms with E-state index >= 15 is 0 Å². The van der Waals surface area contributed by atoms with Crippen molar-refractivity contribution < 1.29 is 4.79 Å². The van der Waals surface area contributed by atoms with Gasteiger partial charge in [0.15, 0.2) is 0 Å². The minimum Gasteiger partial charge on any atom is -0.360 e. The van der Waals surface area contributed by atoms with Gasteiger partial charge in [-0.15, -0.1) is 0 Å². The highest BCUT2D eigenvalue weighted by molar-refractivity contribution is 5.79. The molecule has 1 aromatic heterocycles. The predicted molar refractivity (Wildman–Crippen MR) is 84.1 cm³/mol. The summed E-state index contributed by atoms with van der Waals surface area (Å²) in [5.74, 6) is 0.501. The summed E-state index contributed by atoms with van der Waals surface area (Å²) in [6.07, 6.45) is 4.40. The van der Waals surface area contributed by atoms with Gasteiger partial charge < -0.3 is 9.88 Å². The van der Waals surface area contributed by atoms with Gasteiger partial charge in [0.1, 0.15) is 6.07 Å². The van der Waals surface area contributed by atoms with E-state index in [0.29, 0.717) is 5.91 Å². The highest BCUT2D eigenvalue weighted by Gasteiger charge is 2.30. The molecule has 2 aliphatic rings. The second-order valence-corrected chi connectivity index (χ2v) is 6.55. The molecule has 2 saturated heterocycles. The molecule has 2 fully saturated rings. The average molecular weight is 300 g/mol. The molecular formula is C17H24N4O. The molecule has 0 aromatic carbocycles. The minimum atomic E-state index is 0.151. The number of aromatic amines is 1. The van der Waals surface area contributed by atoms with Crippen LogP contribution in [-0.2, 0) is 11.3 Å². The van der Waals surface area contributed by atoms with Crippen molar-refractivity contribution in [2.45, 2.75) is 39.2 Å². The number of aromatic nitrogens is 1. The highest BCUT2D eigenvalue weighted by atomic mass is 16.2. The Kier molecular flexibility index (Phi) is 4.49. The molecule has 5 heteroatoms. The molecule has 3 heterocycles. The number of piperidine rings is 1. The highest BCUT2D eigenvalue weighted by Crippen LogP contribution is 2.23. The molecule has 22 heavy (non-hydrogen) atoms. The first-order chi connectivity index (χ1) is 10.7. The maximum atomic E-state index is 12.6. The summed E-state index contributed by atoms with van der Waals surface area (Å²) < 4.78 is 0. The van der Waals surface area contributed by atoms with Crippen LogP contribution in [0.5, 0.6) is 0 Å². The third-order valence-corrected chi connectivity index (χ3v) is 4.86. The van der Waals surface area contributed by atoms with Gasteiger partial charge in [0, 0.05) is 37.6 Å². The summed E-state index contributed by atoms with van der Waals surface area (Å²) in [6.45, 7) is 6.48. The van der Waals surface area contributed by atoms with E-state index in [1.165, 1.54) is 0 Å². The fourth-order valence-electron chi connectivity index (χ4n) is 3.67. The number of carbonyl (C=O) groups excluding carboxylic acids is 1. The SMILES string of the molecule is Cc1[nH]c(CN2CCC[C@@H](C(=O)N3CCCC3)C2)cc1C#N. The fourth-order valence-corrected chi connectivity index (χ4v) is 3.67. The van der Waals surface area contributed by atoms with Crippen molar-refractivity contribution in [1.29, 1.82) is 5.26 Å². The molecule has 1 atom stereocenters. The Balaban J connectivity index is 1.60. The maximum absolute atomic E-state index is 12.6. The summed E-state index contributed by atoms with van der Waals surface area (Å²) in [6, 6.07) is 4.14. The number of nitrogens with one attached hydrogen (secondary N) is 1. The van der Waals surface area contributed by atoms with Gasteiger partial charge in [-0.2, -0.15) is 5.26 Å². The van der Waals surface area contributed by atoms with Crippen molar-refractivity contribution in [1.82, 2.24) is 14.8 Å². The second-order valence-electron chi connectivity index (χ2n) is 6.55. The zero-order valence-electron chi connectivity index (χ0n) is 13.3. The molecule has 0 saturated carbocycles. The van der Waals surface area contributed by atoms with Crippen molar-refractivity contribution in [2.24, 2.45) is 5.92 Å². The molecule has 1 aromatic rings. The Morgan fingerprint density at radius 3 is 2.82 bits per heavy atom. The minimum absolute atomic E-state index is 0.151. The Labute approximate surface area is 131 Å². The lowest BCUT2D eigenvalue weighted by molar-refractivity contribution is -0.136.